The van der Waals surface area contributed by atoms with E-state index in [-0.39, 0.29) is 18.1 Å². The monoisotopic (exact) mass is 461 g/mol. The van der Waals surface area contributed by atoms with Crippen molar-refractivity contribution in [2.75, 3.05) is 17.2 Å². The molecule has 0 heterocycles. The van der Waals surface area contributed by atoms with Crippen molar-refractivity contribution in [3.8, 4) is 11.8 Å². The molecular formula is C29H23N3O3. The third-order valence-corrected chi connectivity index (χ3v) is 5.27. The summed E-state index contributed by atoms with van der Waals surface area (Å²) in [4.78, 5) is 24.7. The Bertz CT molecular complexity index is 1430. The molecule has 35 heavy (non-hydrogen) atoms. The van der Waals surface area contributed by atoms with Gasteiger partial charge in [0.1, 0.15) is 17.4 Å². The van der Waals surface area contributed by atoms with E-state index >= 15 is 0 Å². The van der Waals surface area contributed by atoms with Crippen LogP contribution < -0.4 is 15.4 Å². The van der Waals surface area contributed by atoms with Crippen molar-refractivity contribution in [2.45, 2.75) is 6.92 Å². The molecule has 0 spiro atoms. The molecule has 0 radical (unpaired) electrons. The highest BCUT2D eigenvalue weighted by atomic mass is 16.5. The highest BCUT2D eigenvalue weighted by molar-refractivity contribution is 6.10. The van der Waals surface area contributed by atoms with Gasteiger partial charge in [0.15, 0.2) is 6.61 Å². The van der Waals surface area contributed by atoms with E-state index in [1.807, 2.05) is 73.7 Å². The molecule has 0 aliphatic heterocycles. The second-order valence-electron chi connectivity index (χ2n) is 7.96. The number of ether oxygens (including phenoxy) is 1. The van der Waals surface area contributed by atoms with Gasteiger partial charge in [0.25, 0.3) is 11.8 Å². The summed E-state index contributed by atoms with van der Waals surface area (Å²) in [6.45, 7) is 1.84. The molecule has 2 N–H and O–H groups in total. The summed E-state index contributed by atoms with van der Waals surface area (Å²) in [5.41, 5.74) is 3.06. The Morgan fingerprint density at radius 3 is 2.26 bits per heavy atom. The third-order valence-electron chi connectivity index (χ3n) is 5.27. The topological polar surface area (TPSA) is 91.2 Å². The molecule has 2 amide bonds. The van der Waals surface area contributed by atoms with Crippen molar-refractivity contribution >= 4 is 40.0 Å². The molecule has 4 rings (SSSR count). The Morgan fingerprint density at radius 1 is 0.857 bits per heavy atom. The molecule has 0 bridgehead atoms. The lowest BCUT2D eigenvalue weighted by Crippen LogP contribution is -2.20. The fourth-order valence-electron chi connectivity index (χ4n) is 3.42. The van der Waals surface area contributed by atoms with Gasteiger partial charge in [0, 0.05) is 11.4 Å². The number of anilines is 2. The summed E-state index contributed by atoms with van der Waals surface area (Å²) >= 11 is 0. The molecule has 0 aliphatic carbocycles. The van der Waals surface area contributed by atoms with Crippen molar-refractivity contribution in [3.63, 3.8) is 0 Å². The normalized spacial score (nSPS) is 10.9. The Kier molecular flexibility index (Phi) is 7.19. The summed E-state index contributed by atoms with van der Waals surface area (Å²) in [6, 6.07) is 29.7. The van der Waals surface area contributed by atoms with Crippen LogP contribution in [-0.2, 0) is 9.59 Å². The fraction of sp³-hybridized carbons (Fsp3) is 0.0690. The van der Waals surface area contributed by atoms with Crippen molar-refractivity contribution in [1.29, 1.82) is 5.26 Å². The van der Waals surface area contributed by atoms with Gasteiger partial charge in [-0.2, -0.15) is 5.26 Å². The minimum Gasteiger partial charge on any atom is -0.484 e. The Balaban J connectivity index is 1.35. The van der Waals surface area contributed by atoms with Gasteiger partial charge in [-0.05, 0) is 65.7 Å². The van der Waals surface area contributed by atoms with Gasteiger partial charge in [0.2, 0.25) is 0 Å². The van der Waals surface area contributed by atoms with Crippen LogP contribution in [0, 0.1) is 18.3 Å². The molecule has 0 saturated carbocycles. The molecule has 0 unspecified atom stereocenters. The van der Waals surface area contributed by atoms with Gasteiger partial charge in [-0.3, -0.25) is 9.59 Å². The lowest BCUT2D eigenvalue weighted by Gasteiger charge is -2.08. The predicted octanol–water partition coefficient (Wildman–Crippen LogP) is 5.71. The summed E-state index contributed by atoms with van der Waals surface area (Å²) in [5.74, 6) is -0.258. The van der Waals surface area contributed by atoms with Crippen molar-refractivity contribution < 1.29 is 14.3 Å². The molecule has 0 aliphatic rings. The van der Waals surface area contributed by atoms with Crippen LogP contribution in [0.25, 0.3) is 16.8 Å². The lowest BCUT2D eigenvalue weighted by atomic mass is 10.1. The summed E-state index contributed by atoms with van der Waals surface area (Å²) in [7, 11) is 0. The highest BCUT2D eigenvalue weighted by Gasteiger charge is 2.10. The van der Waals surface area contributed by atoms with E-state index in [0.717, 1.165) is 16.3 Å². The smallest absolute Gasteiger partial charge is 0.266 e. The van der Waals surface area contributed by atoms with Crippen molar-refractivity contribution in [1.82, 2.24) is 0 Å². The van der Waals surface area contributed by atoms with Gasteiger partial charge in [-0.25, -0.2) is 0 Å². The molecule has 0 saturated heterocycles. The standard InChI is InChI=1S/C29H23N3O3/c1-20-6-11-25(12-7-20)31-28(33)19-35-27-14-8-21(9-15-27)16-24(18-30)29(34)32-26-13-10-22-4-2-3-5-23(22)17-26/h2-17H,19H2,1H3,(H,31,33)(H,32,34)/b24-16+. The van der Waals surface area contributed by atoms with Crippen LogP contribution in [0.15, 0.2) is 96.6 Å². The van der Waals surface area contributed by atoms with E-state index < -0.39 is 5.91 Å². The number of fused-ring (bicyclic) bond motifs is 1. The van der Waals surface area contributed by atoms with E-state index in [4.69, 9.17) is 4.74 Å². The maximum absolute atomic E-state index is 12.6. The molecule has 0 fully saturated rings. The number of hydrogen-bond donors (Lipinski definition) is 2. The zero-order chi connectivity index (χ0) is 24.6. The summed E-state index contributed by atoms with van der Waals surface area (Å²) in [5, 5.41) is 17.1. The second kappa shape index (κ2) is 10.8. The van der Waals surface area contributed by atoms with E-state index in [9.17, 15) is 14.9 Å². The maximum Gasteiger partial charge on any atom is 0.266 e. The van der Waals surface area contributed by atoms with Crippen molar-refractivity contribution in [2.24, 2.45) is 0 Å². The zero-order valence-electron chi connectivity index (χ0n) is 19.1. The lowest BCUT2D eigenvalue weighted by molar-refractivity contribution is -0.118. The zero-order valence-corrected chi connectivity index (χ0v) is 19.1. The molecule has 0 aromatic heterocycles. The average molecular weight is 462 g/mol. The number of nitrogens with one attached hydrogen (secondary N) is 2. The molecule has 6 nitrogen and oxygen atoms in total. The fourth-order valence-corrected chi connectivity index (χ4v) is 3.42. The van der Waals surface area contributed by atoms with E-state index in [2.05, 4.69) is 10.6 Å². The Labute approximate surface area is 203 Å². The van der Waals surface area contributed by atoms with Crippen LogP contribution in [0.3, 0.4) is 0 Å². The van der Waals surface area contributed by atoms with Gasteiger partial charge in [0.05, 0.1) is 0 Å². The molecule has 6 heteroatoms. The van der Waals surface area contributed by atoms with Crippen LogP contribution in [0.2, 0.25) is 0 Å². The van der Waals surface area contributed by atoms with Gasteiger partial charge in [-0.15, -0.1) is 0 Å². The number of amides is 2. The minimum absolute atomic E-state index is 0.0238. The Morgan fingerprint density at radius 2 is 1.54 bits per heavy atom. The molecule has 0 atom stereocenters. The van der Waals surface area contributed by atoms with Gasteiger partial charge in [-0.1, -0.05) is 60.2 Å². The van der Waals surface area contributed by atoms with Crippen LogP contribution in [-0.4, -0.2) is 18.4 Å². The Hall–Kier alpha value is -4.89. The van der Waals surface area contributed by atoms with Crippen molar-refractivity contribution in [3.05, 3.63) is 108 Å². The number of rotatable bonds is 7. The van der Waals surface area contributed by atoms with E-state index in [1.54, 1.807) is 30.3 Å². The van der Waals surface area contributed by atoms with Gasteiger partial charge < -0.3 is 15.4 Å². The quantitative estimate of drug-likeness (QED) is 0.272. The SMILES string of the molecule is Cc1ccc(NC(=O)COc2ccc(/C=C(\C#N)C(=O)Nc3ccc4ccccc4c3)cc2)cc1. The minimum atomic E-state index is -0.490. The third kappa shape index (κ3) is 6.34. The first kappa shape index (κ1) is 23.3. The second-order valence-corrected chi connectivity index (χ2v) is 7.96. The maximum atomic E-state index is 12.6. The number of nitriles is 1. The number of nitrogens with zero attached hydrogens (tertiary/aromatic N) is 1. The van der Waals surface area contributed by atoms with E-state index in [1.165, 1.54) is 6.08 Å². The molecular weight excluding hydrogens is 438 g/mol. The first-order valence-corrected chi connectivity index (χ1v) is 11.0. The first-order valence-electron chi connectivity index (χ1n) is 11.0. The molecule has 172 valence electrons. The van der Waals surface area contributed by atoms with Crippen LogP contribution in [0.5, 0.6) is 5.75 Å². The van der Waals surface area contributed by atoms with Crippen LogP contribution in [0.1, 0.15) is 11.1 Å². The number of carbonyl (C=O) groups is 2. The number of hydrogen-bond acceptors (Lipinski definition) is 4. The predicted molar refractivity (Wildman–Crippen MR) is 138 cm³/mol. The summed E-state index contributed by atoms with van der Waals surface area (Å²) < 4.78 is 5.53. The van der Waals surface area contributed by atoms with Crippen LogP contribution in [0.4, 0.5) is 11.4 Å². The van der Waals surface area contributed by atoms with E-state index in [0.29, 0.717) is 22.7 Å². The number of benzene rings is 4. The molecule has 4 aromatic rings. The van der Waals surface area contributed by atoms with Gasteiger partial charge >= 0.3 is 0 Å². The van der Waals surface area contributed by atoms with Crippen LogP contribution >= 0.6 is 0 Å². The average Bonchev–Trinajstić information content (AvgIpc) is 2.88. The first-order chi connectivity index (χ1) is 17.0. The number of carbonyl (C=O) groups excluding carboxylic acids is 2. The summed E-state index contributed by atoms with van der Waals surface area (Å²) in [6.07, 6.45) is 1.50. The molecule has 4 aromatic carbocycles. The number of aryl methyl sites for hydroxylation is 1. The highest BCUT2D eigenvalue weighted by Crippen LogP contribution is 2.20. The largest absolute Gasteiger partial charge is 0.484 e.